The second kappa shape index (κ2) is 8.18. The van der Waals surface area contributed by atoms with Crippen LogP contribution in [-0.4, -0.2) is 30.8 Å². The summed E-state index contributed by atoms with van der Waals surface area (Å²) in [7, 11) is 1.70. The van der Waals surface area contributed by atoms with Crippen LogP contribution in [-0.2, 0) is 13.6 Å². The van der Waals surface area contributed by atoms with Crippen LogP contribution in [0.3, 0.4) is 0 Å². The zero-order chi connectivity index (χ0) is 22.0. The summed E-state index contributed by atoms with van der Waals surface area (Å²) in [5.74, 6) is -0.546. The smallest absolute Gasteiger partial charge is 0.299 e. The SMILES string of the molecule is Cc1c(C#N)c(O)n(CCO)c(=O)c1N=Nc1c(C)n(C)n(-c2ccccc2)c1=O. The molecule has 2 aromatic heterocycles. The minimum Gasteiger partial charge on any atom is -0.493 e. The molecular weight excluding hydrogens is 388 g/mol. The average molecular weight is 408 g/mol. The number of hydrogen-bond donors (Lipinski definition) is 2. The van der Waals surface area contributed by atoms with Gasteiger partial charge in [-0.2, -0.15) is 5.26 Å². The lowest BCUT2D eigenvalue weighted by atomic mass is 10.1. The molecule has 0 fully saturated rings. The number of para-hydroxylation sites is 1. The molecule has 2 N–H and O–H groups in total. The Morgan fingerprint density at radius 2 is 1.70 bits per heavy atom. The van der Waals surface area contributed by atoms with Crippen molar-refractivity contribution in [2.75, 3.05) is 6.61 Å². The van der Waals surface area contributed by atoms with Crippen molar-refractivity contribution in [2.45, 2.75) is 20.4 Å². The predicted molar refractivity (Wildman–Crippen MR) is 109 cm³/mol. The van der Waals surface area contributed by atoms with Gasteiger partial charge in [-0.3, -0.25) is 18.8 Å². The highest BCUT2D eigenvalue weighted by molar-refractivity contribution is 5.57. The molecule has 0 amide bonds. The van der Waals surface area contributed by atoms with Crippen LogP contribution in [0.1, 0.15) is 16.8 Å². The Hall–Kier alpha value is -3.97. The van der Waals surface area contributed by atoms with Gasteiger partial charge >= 0.3 is 0 Å². The van der Waals surface area contributed by atoms with E-state index in [1.807, 2.05) is 12.1 Å². The van der Waals surface area contributed by atoms with Crippen LogP contribution in [0, 0.1) is 25.2 Å². The minimum absolute atomic E-state index is 0.0421. The van der Waals surface area contributed by atoms with E-state index < -0.39 is 23.6 Å². The van der Waals surface area contributed by atoms with Gasteiger partial charge in [0.15, 0.2) is 11.4 Å². The minimum atomic E-state index is -0.723. The number of nitriles is 1. The van der Waals surface area contributed by atoms with Gasteiger partial charge in [0.1, 0.15) is 11.6 Å². The van der Waals surface area contributed by atoms with Gasteiger partial charge in [0, 0.05) is 12.6 Å². The van der Waals surface area contributed by atoms with E-state index in [0.29, 0.717) is 11.4 Å². The molecule has 0 bridgehead atoms. The first-order chi connectivity index (χ1) is 14.3. The molecule has 0 aliphatic rings. The summed E-state index contributed by atoms with van der Waals surface area (Å²) in [5.41, 5.74) is -0.130. The number of rotatable bonds is 5. The molecule has 2 heterocycles. The van der Waals surface area contributed by atoms with E-state index in [0.717, 1.165) is 4.57 Å². The number of aliphatic hydroxyl groups is 1. The molecule has 1 aromatic carbocycles. The third-order valence-corrected chi connectivity index (χ3v) is 4.87. The maximum absolute atomic E-state index is 12.9. The van der Waals surface area contributed by atoms with E-state index in [4.69, 9.17) is 5.11 Å². The highest BCUT2D eigenvalue weighted by Crippen LogP contribution is 2.27. The van der Waals surface area contributed by atoms with Gasteiger partial charge in [-0.05, 0) is 26.0 Å². The fourth-order valence-electron chi connectivity index (χ4n) is 3.13. The molecule has 0 saturated carbocycles. The van der Waals surface area contributed by atoms with Gasteiger partial charge in [-0.15, -0.1) is 10.2 Å². The maximum atomic E-state index is 12.9. The first-order valence-electron chi connectivity index (χ1n) is 9.06. The van der Waals surface area contributed by atoms with Crippen molar-refractivity contribution >= 4 is 11.4 Å². The molecule has 3 aromatic rings. The maximum Gasteiger partial charge on any atom is 0.299 e. The van der Waals surface area contributed by atoms with Crippen molar-refractivity contribution in [3.8, 4) is 17.6 Å². The van der Waals surface area contributed by atoms with Crippen LogP contribution in [0.15, 0.2) is 50.1 Å². The predicted octanol–water partition coefficient (Wildman–Crippen LogP) is 1.94. The molecule has 0 unspecified atom stereocenters. The Morgan fingerprint density at radius 1 is 1.07 bits per heavy atom. The third kappa shape index (κ3) is 3.31. The van der Waals surface area contributed by atoms with Gasteiger partial charge in [-0.1, -0.05) is 18.2 Å². The van der Waals surface area contributed by atoms with Gasteiger partial charge in [0.25, 0.3) is 11.1 Å². The summed E-state index contributed by atoms with van der Waals surface area (Å²) >= 11 is 0. The van der Waals surface area contributed by atoms with Crippen molar-refractivity contribution in [3.63, 3.8) is 0 Å². The zero-order valence-electron chi connectivity index (χ0n) is 16.7. The summed E-state index contributed by atoms with van der Waals surface area (Å²) in [4.78, 5) is 25.6. The van der Waals surface area contributed by atoms with Gasteiger partial charge in [0.2, 0.25) is 5.88 Å². The fourth-order valence-corrected chi connectivity index (χ4v) is 3.13. The van der Waals surface area contributed by atoms with Crippen LogP contribution in [0.4, 0.5) is 11.4 Å². The first-order valence-corrected chi connectivity index (χ1v) is 9.06. The van der Waals surface area contributed by atoms with Gasteiger partial charge in [0.05, 0.1) is 24.5 Å². The molecule has 10 heteroatoms. The summed E-state index contributed by atoms with van der Waals surface area (Å²) in [6.45, 7) is 2.52. The molecule has 154 valence electrons. The Kier molecular flexibility index (Phi) is 5.66. The summed E-state index contributed by atoms with van der Waals surface area (Å²) < 4.78 is 3.90. The van der Waals surface area contributed by atoms with Crippen molar-refractivity contribution in [2.24, 2.45) is 17.3 Å². The van der Waals surface area contributed by atoms with Crippen LogP contribution in [0.5, 0.6) is 5.88 Å². The van der Waals surface area contributed by atoms with Crippen molar-refractivity contribution in [3.05, 3.63) is 67.9 Å². The lowest BCUT2D eigenvalue weighted by molar-refractivity contribution is 0.263. The summed E-state index contributed by atoms with van der Waals surface area (Å²) in [6, 6.07) is 10.8. The molecular formula is C20H20N6O4. The molecule has 30 heavy (non-hydrogen) atoms. The Bertz CT molecular complexity index is 1290. The van der Waals surface area contributed by atoms with E-state index in [1.165, 1.54) is 11.6 Å². The molecule has 0 radical (unpaired) electrons. The highest BCUT2D eigenvalue weighted by Gasteiger charge is 2.20. The van der Waals surface area contributed by atoms with Crippen LogP contribution >= 0.6 is 0 Å². The fraction of sp³-hybridized carbons (Fsp3) is 0.250. The second-order valence-electron chi connectivity index (χ2n) is 6.57. The Labute approximate surface area is 171 Å². The van der Waals surface area contributed by atoms with Crippen LogP contribution in [0.2, 0.25) is 0 Å². The lowest BCUT2D eigenvalue weighted by Crippen LogP contribution is -2.23. The number of pyridine rings is 1. The lowest BCUT2D eigenvalue weighted by Gasteiger charge is -2.11. The monoisotopic (exact) mass is 408 g/mol. The first kappa shape index (κ1) is 20.8. The number of azo groups is 1. The number of nitrogens with zero attached hydrogens (tertiary/aromatic N) is 6. The highest BCUT2D eigenvalue weighted by atomic mass is 16.3. The normalized spacial score (nSPS) is 11.2. The standard InChI is InChI=1S/C20H20N6O4/c1-12-15(11-21)18(28)25(9-10-27)19(29)16(12)22-23-17-13(2)24(3)26(20(17)30)14-7-5-4-6-8-14/h4-8,27-28H,9-10H2,1-3H3. The van der Waals surface area contributed by atoms with E-state index >= 15 is 0 Å². The second-order valence-corrected chi connectivity index (χ2v) is 6.57. The molecule has 3 rings (SSSR count). The van der Waals surface area contributed by atoms with Crippen molar-refractivity contribution < 1.29 is 10.2 Å². The molecule has 10 nitrogen and oxygen atoms in total. The van der Waals surface area contributed by atoms with Gasteiger partial charge in [-0.25, -0.2) is 4.68 Å². The summed E-state index contributed by atoms with van der Waals surface area (Å²) in [5, 5.41) is 36.6. The number of aromatic hydroxyl groups is 1. The molecule has 0 aliphatic carbocycles. The number of aromatic nitrogens is 3. The van der Waals surface area contributed by atoms with E-state index in [-0.39, 0.29) is 29.0 Å². The summed E-state index contributed by atoms with van der Waals surface area (Å²) in [6.07, 6.45) is 0. The molecule has 0 atom stereocenters. The molecule has 0 aliphatic heterocycles. The largest absolute Gasteiger partial charge is 0.493 e. The quantitative estimate of drug-likeness (QED) is 0.621. The Morgan fingerprint density at radius 3 is 2.30 bits per heavy atom. The van der Waals surface area contributed by atoms with E-state index in [1.54, 1.807) is 42.9 Å². The van der Waals surface area contributed by atoms with Crippen molar-refractivity contribution in [1.82, 2.24) is 13.9 Å². The van der Waals surface area contributed by atoms with Crippen molar-refractivity contribution in [1.29, 1.82) is 5.26 Å². The van der Waals surface area contributed by atoms with E-state index in [2.05, 4.69) is 10.2 Å². The third-order valence-electron chi connectivity index (χ3n) is 4.87. The zero-order valence-corrected chi connectivity index (χ0v) is 16.7. The van der Waals surface area contributed by atoms with Crippen LogP contribution < -0.4 is 11.1 Å². The van der Waals surface area contributed by atoms with Crippen LogP contribution in [0.25, 0.3) is 5.69 Å². The molecule has 0 saturated heterocycles. The topological polar surface area (TPSA) is 138 Å². The van der Waals surface area contributed by atoms with E-state index in [9.17, 15) is 20.0 Å². The average Bonchev–Trinajstić information content (AvgIpc) is 2.95. The number of aliphatic hydroxyl groups excluding tert-OH is 1. The number of hydrogen-bond acceptors (Lipinski definition) is 7. The van der Waals surface area contributed by atoms with Gasteiger partial charge < -0.3 is 10.2 Å². The Balaban J connectivity index is 2.19. The molecule has 0 spiro atoms. The number of benzene rings is 1.